The molecule has 0 saturated carbocycles. The molecule has 0 fully saturated rings. The van der Waals surface area contributed by atoms with E-state index >= 15 is 0 Å². The number of hydrogen-bond donors (Lipinski definition) is 2. The highest BCUT2D eigenvalue weighted by atomic mass is 32.2. The number of ether oxygens (including phenoxy) is 1. The number of amides is 2. The molecule has 2 N–H and O–H groups in total. The van der Waals surface area contributed by atoms with Crippen LogP contribution in [0.3, 0.4) is 0 Å². The quantitative estimate of drug-likeness (QED) is 0.534. The number of methoxy groups -OCH3 is 1. The topological polar surface area (TPSA) is 105 Å². The Morgan fingerprint density at radius 2 is 1.75 bits per heavy atom. The van der Waals surface area contributed by atoms with Crippen LogP contribution >= 0.6 is 0 Å². The minimum atomic E-state index is -3.57. The van der Waals surface area contributed by atoms with E-state index in [1.165, 1.54) is 11.4 Å². The molecule has 0 unspecified atom stereocenters. The third-order valence-corrected chi connectivity index (χ3v) is 6.13. The highest BCUT2D eigenvalue weighted by Crippen LogP contribution is 2.29. The highest BCUT2D eigenvalue weighted by molar-refractivity contribution is 7.92. The minimum Gasteiger partial charge on any atom is -0.495 e. The first-order valence-corrected chi connectivity index (χ1v) is 12.3. The molecule has 0 heterocycles. The maximum Gasteiger partial charge on any atom is 0.253 e. The fraction of sp³-hybridized carbons (Fsp3) is 0.391. The minimum absolute atomic E-state index is 0.0169. The van der Waals surface area contributed by atoms with Gasteiger partial charge in [0.2, 0.25) is 15.9 Å². The molecule has 0 bridgehead atoms. The predicted molar refractivity (Wildman–Crippen MR) is 127 cm³/mol. The summed E-state index contributed by atoms with van der Waals surface area (Å²) in [6.45, 7) is 4.00. The van der Waals surface area contributed by atoms with Crippen LogP contribution in [0.2, 0.25) is 0 Å². The van der Waals surface area contributed by atoms with E-state index in [9.17, 15) is 18.0 Å². The van der Waals surface area contributed by atoms with Crippen LogP contribution in [0.25, 0.3) is 0 Å². The Hall–Kier alpha value is -3.07. The van der Waals surface area contributed by atoms with Crippen molar-refractivity contribution in [2.75, 3.05) is 29.5 Å². The smallest absolute Gasteiger partial charge is 0.253 e. The van der Waals surface area contributed by atoms with E-state index in [0.29, 0.717) is 22.7 Å². The van der Waals surface area contributed by atoms with Crippen LogP contribution < -0.4 is 19.7 Å². The summed E-state index contributed by atoms with van der Waals surface area (Å²) in [6.07, 6.45) is 2.29. The second-order valence-electron chi connectivity index (χ2n) is 7.49. The molecule has 2 rings (SSSR count). The molecule has 8 nitrogen and oxygen atoms in total. The van der Waals surface area contributed by atoms with Crippen molar-refractivity contribution >= 4 is 33.2 Å². The molecule has 0 saturated heterocycles. The Labute approximate surface area is 190 Å². The van der Waals surface area contributed by atoms with E-state index in [4.69, 9.17) is 4.74 Å². The number of rotatable bonds is 11. The number of anilines is 2. The molecule has 32 heavy (non-hydrogen) atoms. The monoisotopic (exact) mass is 461 g/mol. The van der Waals surface area contributed by atoms with Crippen molar-refractivity contribution in [2.24, 2.45) is 0 Å². The standard InChI is InChI=1S/C23H31N3O5S/c1-5-17(2)24-23(28)18-11-6-7-12-19(18)25-22(27)15-10-16-26(32(4,29)30)20-13-8-9-14-21(20)31-3/h6-9,11-14,17H,5,10,15-16H2,1-4H3,(H,24,28)(H,25,27)/t17-/m1/s1. The maximum absolute atomic E-state index is 12.5. The van der Waals surface area contributed by atoms with Gasteiger partial charge in [0.15, 0.2) is 0 Å². The lowest BCUT2D eigenvalue weighted by molar-refractivity contribution is -0.116. The lowest BCUT2D eigenvalue weighted by Gasteiger charge is -2.24. The molecule has 1 atom stereocenters. The van der Waals surface area contributed by atoms with Crippen LogP contribution in [0.1, 0.15) is 43.5 Å². The first kappa shape index (κ1) is 25.2. The molecule has 0 aliphatic rings. The van der Waals surface area contributed by atoms with Crippen LogP contribution in [0, 0.1) is 0 Å². The Morgan fingerprint density at radius 3 is 2.41 bits per heavy atom. The molecule has 2 aromatic carbocycles. The van der Waals surface area contributed by atoms with Crippen molar-refractivity contribution in [2.45, 2.75) is 39.2 Å². The SMILES string of the molecule is CC[C@@H](C)NC(=O)c1ccccc1NC(=O)CCCN(c1ccccc1OC)S(C)(=O)=O. The second kappa shape index (κ2) is 11.5. The molecule has 0 aromatic heterocycles. The lowest BCUT2D eigenvalue weighted by atomic mass is 10.1. The van der Waals surface area contributed by atoms with Crippen LogP contribution in [0.4, 0.5) is 11.4 Å². The normalized spacial score (nSPS) is 12.0. The average molecular weight is 462 g/mol. The van der Waals surface area contributed by atoms with Crippen molar-refractivity contribution in [3.8, 4) is 5.75 Å². The Balaban J connectivity index is 2.05. The molecule has 0 radical (unpaired) electrons. The Bertz CT molecular complexity index is 1040. The third-order valence-electron chi connectivity index (χ3n) is 4.95. The van der Waals surface area contributed by atoms with E-state index in [1.54, 1.807) is 48.5 Å². The van der Waals surface area contributed by atoms with E-state index < -0.39 is 10.0 Å². The molecule has 2 aromatic rings. The zero-order valence-corrected chi connectivity index (χ0v) is 19.7. The van der Waals surface area contributed by atoms with Gasteiger partial charge in [-0.1, -0.05) is 31.2 Å². The van der Waals surface area contributed by atoms with Gasteiger partial charge >= 0.3 is 0 Å². The molecular weight excluding hydrogens is 430 g/mol. The number of nitrogens with zero attached hydrogens (tertiary/aromatic N) is 1. The summed E-state index contributed by atoms with van der Waals surface area (Å²) < 4.78 is 31.2. The number of hydrogen-bond acceptors (Lipinski definition) is 5. The van der Waals surface area contributed by atoms with Crippen molar-refractivity contribution in [1.29, 1.82) is 0 Å². The van der Waals surface area contributed by atoms with Gasteiger partial charge in [0.25, 0.3) is 5.91 Å². The summed E-state index contributed by atoms with van der Waals surface area (Å²) in [7, 11) is -2.10. The number of carbonyl (C=O) groups is 2. The van der Waals surface area contributed by atoms with Crippen LogP contribution in [-0.4, -0.2) is 46.2 Å². The second-order valence-corrected chi connectivity index (χ2v) is 9.39. The zero-order valence-electron chi connectivity index (χ0n) is 18.9. The van der Waals surface area contributed by atoms with Gasteiger partial charge in [0.1, 0.15) is 5.75 Å². The van der Waals surface area contributed by atoms with E-state index in [1.807, 2.05) is 13.8 Å². The van der Waals surface area contributed by atoms with Crippen molar-refractivity contribution in [3.63, 3.8) is 0 Å². The first-order chi connectivity index (χ1) is 15.2. The van der Waals surface area contributed by atoms with Gasteiger partial charge in [0, 0.05) is 19.0 Å². The largest absolute Gasteiger partial charge is 0.495 e. The summed E-state index contributed by atoms with van der Waals surface area (Å²) in [5.41, 5.74) is 1.22. The number of carbonyl (C=O) groups excluding carboxylic acids is 2. The molecule has 2 amide bonds. The number of para-hydroxylation sites is 3. The third kappa shape index (κ3) is 6.98. The van der Waals surface area contributed by atoms with Gasteiger partial charge in [-0.2, -0.15) is 0 Å². The maximum atomic E-state index is 12.5. The number of sulfonamides is 1. The fourth-order valence-electron chi connectivity index (χ4n) is 3.09. The lowest BCUT2D eigenvalue weighted by Crippen LogP contribution is -2.33. The summed E-state index contributed by atoms with van der Waals surface area (Å²) >= 11 is 0. The average Bonchev–Trinajstić information content (AvgIpc) is 2.76. The highest BCUT2D eigenvalue weighted by Gasteiger charge is 2.21. The van der Waals surface area contributed by atoms with Crippen LogP contribution in [-0.2, 0) is 14.8 Å². The molecular formula is C23H31N3O5S. The van der Waals surface area contributed by atoms with Gasteiger partial charge in [-0.25, -0.2) is 8.42 Å². The zero-order chi connectivity index (χ0) is 23.7. The summed E-state index contributed by atoms with van der Waals surface area (Å²) in [6, 6.07) is 13.6. The molecule has 174 valence electrons. The van der Waals surface area contributed by atoms with Crippen molar-refractivity contribution in [1.82, 2.24) is 5.32 Å². The van der Waals surface area contributed by atoms with Gasteiger partial charge in [-0.3, -0.25) is 13.9 Å². The van der Waals surface area contributed by atoms with Crippen molar-refractivity contribution in [3.05, 3.63) is 54.1 Å². The Kier molecular flexibility index (Phi) is 9.07. The molecule has 9 heteroatoms. The van der Waals surface area contributed by atoms with Crippen molar-refractivity contribution < 1.29 is 22.7 Å². The Morgan fingerprint density at radius 1 is 1.09 bits per heavy atom. The molecule has 0 aliphatic carbocycles. The summed E-state index contributed by atoms with van der Waals surface area (Å²) in [5.74, 6) is -0.124. The van der Waals surface area contributed by atoms with Gasteiger partial charge < -0.3 is 15.4 Å². The summed E-state index contributed by atoms with van der Waals surface area (Å²) in [4.78, 5) is 25.0. The number of benzene rings is 2. The van der Waals surface area contributed by atoms with Crippen LogP contribution in [0.15, 0.2) is 48.5 Å². The van der Waals surface area contributed by atoms with Gasteiger partial charge in [-0.05, 0) is 44.0 Å². The first-order valence-electron chi connectivity index (χ1n) is 10.5. The predicted octanol–water partition coefficient (Wildman–Crippen LogP) is 3.41. The summed E-state index contributed by atoms with van der Waals surface area (Å²) in [5, 5.41) is 5.65. The number of nitrogens with one attached hydrogen (secondary N) is 2. The van der Waals surface area contributed by atoms with Gasteiger partial charge in [0.05, 0.1) is 30.3 Å². The fourth-order valence-corrected chi connectivity index (χ4v) is 4.06. The van der Waals surface area contributed by atoms with E-state index in [0.717, 1.165) is 12.7 Å². The van der Waals surface area contributed by atoms with E-state index in [2.05, 4.69) is 10.6 Å². The van der Waals surface area contributed by atoms with Gasteiger partial charge in [-0.15, -0.1) is 0 Å². The molecule has 0 spiro atoms. The molecule has 0 aliphatic heterocycles. The van der Waals surface area contributed by atoms with Crippen LogP contribution in [0.5, 0.6) is 5.75 Å². The van der Waals surface area contributed by atoms with E-state index in [-0.39, 0.29) is 37.2 Å².